The molecule has 2 aliphatic rings. The number of rotatable bonds is 4. The molecule has 0 aromatic heterocycles. The molecule has 1 saturated heterocycles. The van der Waals surface area contributed by atoms with Crippen molar-refractivity contribution in [1.29, 1.82) is 0 Å². The van der Waals surface area contributed by atoms with Crippen molar-refractivity contribution < 1.29 is 9.59 Å². The maximum atomic E-state index is 13.0. The molecular formula is C26H30ClN3O2. The third-order valence-electron chi connectivity index (χ3n) is 6.61. The number of aryl methyl sites for hydroxylation is 1. The van der Waals surface area contributed by atoms with Crippen LogP contribution in [-0.2, 0) is 11.3 Å². The zero-order chi connectivity index (χ0) is 23.2. The summed E-state index contributed by atoms with van der Waals surface area (Å²) >= 11 is 5.94. The Bertz CT molecular complexity index is 1100. The number of anilines is 1. The van der Waals surface area contributed by atoms with Crippen molar-refractivity contribution in [3.63, 3.8) is 0 Å². The van der Waals surface area contributed by atoms with Gasteiger partial charge in [0.2, 0.25) is 0 Å². The van der Waals surface area contributed by atoms with E-state index >= 15 is 0 Å². The van der Waals surface area contributed by atoms with Gasteiger partial charge in [0.1, 0.15) is 5.70 Å². The van der Waals surface area contributed by atoms with E-state index in [1.54, 1.807) is 18.2 Å². The number of fused-ring (bicyclic) bond motifs is 1. The Balaban J connectivity index is 1.64. The van der Waals surface area contributed by atoms with Crippen molar-refractivity contribution >= 4 is 35.3 Å². The molecule has 6 heteroatoms. The number of carbonyl (C=O) groups is 2. The number of nitrogens with zero attached hydrogens (tertiary/aromatic N) is 2. The molecule has 0 unspecified atom stereocenters. The summed E-state index contributed by atoms with van der Waals surface area (Å²) in [5, 5.41) is 3.37. The summed E-state index contributed by atoms with van der Waals surface area (Å²) in [6.45, 7) is 12.2. The molecule has 1 atom stereocenters. The van der Waals surface area contributed by atoms with Crippen molar-refractivity contribution in [3.05, 3.63) is 69.4 Å². The largest absolute Gasteiger partial charge is 0.366 e. The first-order chi connectivity index (χ1) is 15.1. The molecule has 2 aromatic carbocycles. The van der Waals surface area contributed by atoms with Crippen LogP contribution in [0.5, 0.6) is 0 Å². The molecule has 0 aliphatic carbocycles. The fourth-order valence-electron chi connectivity index (χ4n) is 5.05. The zero-order valence-electron chi connectivity index (χ0n) is 19.3. The van der Waals surface area contributed by atoms with Crippen LogP contribution >= 0.6 is 11.6 Å². The van der Waals surface area contributed by atoms with Crippen LogP contribution in [-0.4, -0.2) is 28.9 Å². The van der Waals surface area contributed by atoms with E-state index in [9.17, 15) is 9.59 Å². The number of hydrogen-bond acceptors (Lipinski definition) is 3. The van der Waals surface area contributed by atoms with Gasteiger partial charge >= 0.3 is 6.03 Å². The highest BCUT2D eigenvalue weighted by Crippen LogP contribution is 2.44. The molecule has 0 spiro atoms. The maximum Gasteiger partial charge on any atom is 0.329 e. The van der Waals surface area contributed by atoms with E-state index in [1.165, 1.54) is 16.2 Å². The fraction of sp³-hybridized carbons (Fsp3) is 0.385. The van der Waals surface area contributed by atoms with Crippen molar-refractivity contribution in [1.82, 2.24) is 10.2 Å². The number of nitrogens with one attached hydrogen (secondary N) is 1. The molecular weight excluding hydrogens is 422 g/mol. The normalized spacial score (nSPS) is 21.2. The lowest BCUT2D eigenvalue weighted by atomic mass is 9.79. The molecule has 168 valence electrons. The van der Waals surface area contributed by atoms with Gasteiger partial charge in [-0.1, -0.05) is 30.7 Å². The third-order valence-corrected chi connectivity index (χ3v) is 6.86. The average Bonchev–Trinajstić information content (AvgIpc) is 2.98. The van der Waals surface area contributed by atoms with E-state index in [0.29, 0.717) is 16.6 Å². The smallest absolute Gasteiger partial charge is 0.329 e. The van der Waals surface area contributed by atoms with Crippen LogP contribution in [0.2, 0.25) is 5.02 Å². The van der Waals surface area contributed by atoms with Gasteiger partial charge in [-0.3, -0.25) is 9.69 Å². The highest BCUT2D eigenvalue weighted by Gasteiger charge is 2.36. The van der Waals surface area contributed by atoms with Gasteiger partial charge < -0.3 is 10.2 Å². The number of urea groups is 1. The Labute approximate surface area is 195 Å². The molecule has 2 aromatic rings. The number of benzene rings is 2. The van der Waals surface area contributed by atoms with E-state index < -0.39 is 6.03 Å². The Morgan fingerprint density at radius 3 is 2.53 bits per heavy atom. The van der Waals surface area contributed by atoms with E-state index in [-0.39, 0.29) is 18.0 Å². The molecule has 32 heavy (non-hydrogen) atoms. The topological polar surface area (TPSA) is 52.7 Å². The average molecular weight is 452 g/mol. The van der Waals surface area contributed by atoms with Gasteiger partial charge in [-0.05, 0) is 92.6 Å². The summed E-state index contributed by atoms with van der Waals surface area (Å²) in [5.41, 5.74) is 5.86. The molecule has 3 amide bonds. The lowest BCUT2D eigenvalue weighted by molar-refractivity contribution is -0.123. The fourth-order valence-corrected chi connectivity index (χ4v) is 5.17. The first-order valence-electron chi connectivity index (χ1n) is 11.1. The van der Waals surface area contributed by atoms with Crippen LogP contribution in [0.25, 0.3) is 6.08 Å². The van der Waals surface area contributed by atoms with Gasteiger partial charge in [-0.2, -0.15) is 0 Å². The molecule has 0 bridgehead atoms. The third kappa shape index (κ3) is 4.02. The summed E-state index contributed by atoms with van der Waals surface area (Å²) in [4.78, 5) is 29.2. The highest BCUT2D eigenvalue weighted by atomic mass is 35.5. The van der Waals surface area contributed by atoms with Crippen LogP contribution in [0.15, 0.2) is 42.1 Å². The molecule has 1 N–H and O–H groups in total. The van der Waals surface area contributed by atoms with Crippen LogP contribution < -0.4 is 10.2 Å². The molecule has 2 heterocycles. The van der Waals surface area contributed by atoms with Crippen LogP contribution in [0, 0.1) is 6.92 Å². The molecule has 2 aliphatic heterocycles. The van der Waals surface area contributed by atoms with Crippen molar-refractivity contribution in [2.45, 2.75) is 59.0 Å². The second kappa shape index (κ2) is 8.28. The first kappa shape index (κ1) is 22.4. The van der Waals surface area contributed by atoms with Crippen LogP contribution in [0.3, 0.4) is 0 Å². The Hall–Kier alpha value is -2.79. The number of carbonyl (C=O) groups excluding carboxylic acids is 2. The lowest BCUT2D eigenvalue weighted by Crippen LogP contribution is -2.48. The van der Waals surface area contributed by atoms with Gasteiger partial charge in [0.25, 0.3) is 5.91 Å². The van der Waals surface area contributed by atoms with Gasteiger partial charge in [0.05, 0.1) is 6.54 Å². The second-order valence-electron chi connectivity index (χ2n) is 9.44. The van der Waals surface area contributed by atoms with Crippen LogP contribution in [0.4, 0.5) is 10.5 Å². The minimum Gasteiger partial charge on any atom is -0.366 e. The predicted molar refractivity (Wildman–Crippen MR) is 130 cm³/mol. The standard InChI is InChI=1S/C26H30ClN3O2/c1-6-30-23-11-16(2)19(12-21(23)17(3)14-26(30,4)5)13-22-24(31)29(25(32)28-22)15-18-7-9-20(27)10-8-18/h7-13,17H,6,14-15H2,1-5H3,(H,28,32)/b22-13-/t17-/m1/s1. The lowest BCUT2D eigenvalue weighted by Gasteiger charge is -2.47. The highest BCUT2D eigenvalue weighted by molar-refractivity contribution is 6.30. The van der Waals surface area contributed by atoms with Crippen LogP contribution in [0.1, 0.15) is 62.3 Å². The Morgan fingerprint density at radius 2 is 1.88 bits per heavy atom. The number of halogens is 1. The number of amides is 3. The summed E-state index contributed by atoms with van der Waals surface area (Å²) < 4.78 is 0. The van der Waals surface area contributed by atoms with Crippen molar-refractivity contribution in [3.8, 4) is 0 Å². The van der Waals surface area contributed by atoms with E-state index in [2.05, 4.69) is 57.0 Å². The van der Waals surface area contributed by atoms with Gasteiger partial charge in [0, 0.05) is 22.8 Å². The molecule has 0 saturated carbocycles. The SMILES string of the molecule is CCN1c2cc(C)c(/C=C3\NC(=O)N(Cc4ccc(Cl)cc4)C3=O)cc2[C@H](C)CC1(C)C. The summed E-state index contributed by atoms with van der Waals surface area (Å²) in [6.07, 6.45) is 2.87. The van der Waals surface area contributed by atoms with Crippen molar-refractivity contribution in [2.75, 3.05) is 11.4 Å². The van der Waals surface area contributed by atoms with Crippen molar-refractivity contribution in [2.24, 2.45) is 0 Å². The Morgan fingerprint density at radius 1 is 1.19 bits per heavy atom. The minimum atomic E-state index is -0.404. The summed E-state index contributed by atoms with van der Waals surface area (Å²) in [5.74, 6) is 0.0993. The van der Waals surface area contributed by atoms with E-state index in [0.717, 1.165) is 29.7 Å². The second-order valence-corrected chi connectivity index (χ2v) is 9.87. The van der Waals surface area contributed by atoms with Gasteiger partial charge in [0.15, 0.2) is 0 Å². The molecule has 1 fully saturated rings. The van der Waals surface area contributed by atoms with Gasteiger partial charge in [-0.25, -0.2) is 4.79 Å². The zero-order valence-corrected chi connectivity index (χ0v) is 20.1. The quantitative estimate of drug-likeness (QED) is 0.468. The molecule has 0 radical (unpaired) electrons. The molecule has 4 rings (SSSR count). The minimum absolute atomic E-state index is 0.102. The monoisotopic (exact) mass is 451 g/mol. The van der Waals surface area contributed by atoms with E-state index in [4.69, 9.17) is 11.6 Å². The van der Waals surface area contributed by atoms with E-state index in [1.807, 2.05) is 12.1 Å². The Kier molecular flexibility index (Phi) is 5.80. The predicted octanol–water partition coefficient (Wildman–Crippen LogP) is 5.85. The number of hydrogen-bond donors (Lipinski definition) is 1. The molecule has 5 nitrogen and oxygen atoms in total. The van der Waals surface area contributed by atoms with Gasteiger partial charge in [-0.15, -0.1) is 0 Å². The number of imide groups is 1. The summed E-state index contributed by atoms with van der Waals surface area (Å²) in [6, 6.07) is 11.1. The first-order valence-corrected chi connectivity index (χ1v) is 11.5. The summed E-state index contributed by atoms with van der Waals surface area (Å²) in [7, 11) is 0. The maximum absolute atomic E-state index is 13.0.